The minimum Gasteiger partial charge on any atom is -0.481 e. The van der Waals surface area contributed by atoms with Crippen molar-refractivity contribution in [2.24, 2.45) is 0 Å². The van der Waals surface area contributed by atoms with Crippen LogP contribution in [0.5, 0.6) is 17.6 Å². The van der Waals surface area contributed by atoms with E-state index in [4.69, 9.17) is 14.2 Å². The first-order valence-corrected chi connectivity index (χ1v) is 35.8. The van der Waals surface area contributed by atoms with Crippen LogP contribution in [-0.2, 0) is 72.5 Å². The Bertz CT molecular complexity index is 4120. The maximum absolute atomic E-state index is 13.4. The van der Waals surface area contributed by atoms with Gasteiger partial charge >= 0.3 is 17.9 Å². The molecule has 3 amide bonds. The first kappa shape index (κ1) is 71.7. The second kappa shape index (κ2) is 32.8. The van der Waals surface area contributed by atoms with Crippen molar-refractivity contribution in [3.05, 3.63) is 214 Å². The molecule has 9 aromatic rings. The molecule has 9 aromatic heterocycles. The van der Waals surface area contributed by atoms with Gasteiger partial charge in [-0.1, -0.05) is 36.4 Å². The van der Waals surface area contributed by atoms with Crippen LogP contribution < -0.4 is 30.2 Å². The predicted molar refractivity (Wildman–Crippen MR) is 389 cm³/mol. The van der Waals surface area contributed by atoms with Crippen molar-refractivity contribution in [1.82, 2.24) is 58.3 Å². The number of hydrogen-bond donors (Lipinski definition) is 6. The quantitative estimate of drug-likeness (QED) is 0.0327. The molecule has 0 bridgehead atoms. The van der Waals surface area contributed by atoms with Gasteiger partial charge in [0.15, 0.2) is 0 Å². The average molecular weight is 1430 g/mol. The fourth-order valence-corrected chi connectivity index (χ4v) is 15.1. The molecule has 0 saturated heterocycles. The standard InChI is InChI=1S/3C26H29N5O4/c3*1-35-23-9-6-19(15-28-23)21(14-24(32)33)31-12-11-30-16-17(13-22(30)26(31)34)4-7-20-8-5-18-3-2-10-27-25(18)29-20/h3*2-3,6,9-10,13,15-16,20-21H,4-5,7-8,11-12,14H2,1H3,(H,27,29)(H,32,33)/t3*20?,21-/m000/s1. The fraction of sp³-hybridized carbons (Fsp3) is 0.385. The van der Waals surface area contributed by atoms with Gasteiger partial charge in [0.25, 0.3) is 17.7 Å². The van der Waals surface area contributed by atoms with Crippen molar-refractivity contribution in [3.8, 4) is 17.6 Å². The van der Waals surface area contributed by atoms with Gasteiger partial charge in [-0.3, -0.25) is 28.8 Å². The lowest BCUT2D eigenvalue weighted by atomic mass is 9.96. The highest BCUT2D eigenvalue weighted by atomic mass is 16.5. The van der Waals surface area contributed by atoms with Crippen molar-refractivity contribution >= 4 is 53.1 Å². The zero-order chi connectivity index (χ0) is 73.1. The minimum absolute atomic E-state index is 0.154. The van der Waals surface area contributed by atoms with Gasteiger partial charge < -0.3 is 73.9 Å². The number of carbonyl (C=O) groups is 6. The molecular formula is C78H87N15O12. The monoisotopic (exact) mass is 1430 g/mol. The SMILES string of the molecule is COc1ccc([C@H](CC(=O)O)N2CCn3cc(CCC4CCc5cccnc5N4)cc3C2=O)cn1.COc1ccc([C@H](CC(=O)O)N2CCn3cc(CCC4CCc5cccnc5N4)cc3C2=O)cn1.COc1ccc([C@H](CC(=O)O)N2CCn3cc(CCC4CCc5cccnc5N4)cc3C2=O)cn1. The van der Waals surface area contributed by atoms with Crippen LogP contribution in [0.3, 0.4) is 0 Å². The predicted octanol–water partition coefficient (Wildman–Crippen LogP) is 9.95. The van der Waals surface area contributed by atoms with E-state index in [-0.39, 0.29) is 37.0 Å². The van der Waals surface area contributed by atoms with Crippen LogP contribution >= 0.6 is 0 Å². The molecule has 0 aliphatic carbocycles. The molecule has 546 valence electrons. The molecular weight excluding hydrogens is 1340 g/mol. The maximum atomic E-state index is 13.4. The van der Waals surface area contributed by atoms with Gasteiger partial charge in [0.1, 0.15) is 34.5 Å². The molecule has 0 aromatic carbocycles. The highest BCUT2D eigenvalue weighted by Gasteiger charge is 2.37. The van der Waals surface area contributed by atoms with E-state index < -0.39 is 36.0 Å². The van der Waals surface area contributed by atoms with E-state index in [1.54, 1.807) is 69.7 Å². The second-order valence-electron chi connectivity index (χ2n) is 27.3. The zero-order valence-electron chi connectivity index (χ0n) is 59.1. The molecule has 0 spiro atoms. The number of methoxy groups -OCH3 is 3. The summed E-state index contributed by atoms with van der Waals surface area (Å²) >= 11 is 0. The number of nitrogens with one attached hydrogen (secondary N) is 3. The lowest BCUT2D eigenvalue weighted by Gasteiger charge is -2.34. The van der Waals surface area contributed by atoms with Crippen LogP contribution in [0.4, 0.5) is 17.5 Å². The largest absolute Gasteiger partial charge is 0.481 e. The third-order valence-corrected chi connectivity index (χ3v) is 20.7. The van der Waals surface area contributed by atoms with Crippen molar-refractivity contribution in [3.63, 3.8) is 0 Å². The summed E-state index contributed by atoms with van der Waals surface area (Å²) in [6.45, 7) is 3.20. The second-order valence-corrected chi connectivity index (χ2v) is 27.3. The van der Waals surface area contributed by atoms with Crippen LogP contribution in [0.15, 0.2) is 147 Å². The van der Waals surface area contributed by atoms with Gasteiger partial charge in [-0.05, 0) is 164 Å². The Morgan fingerprint density at radius 1 is 0.429 bits per heavy atom. The molecule has 0 fully saturated rings. The summed E-state index contributed by atoms with van der Waals surface area (Å²) in [5.41, 5.74) is 11.0. The van der Waals surface area contributed by atoms with Crippen LogP contribution in [0.2, 0.25) is 0 Å². The molecule has 6 aliphatic rings. The molecule has 3 unspecified atom stereocenters. The number of pyridine rings is 6. The first-order chi connectivity index (χ1) is 51.0. The van der Waals surface area contributed by atoms with E-state index in [9.17, 15) is 44.1 Å². The van der Waals surface area contributed by atoms with Crippen molar-refractivity contribution < 1.29 is 58.3 Å². The van der Waals surface area contributed by atoms with Crippen molar-refractivity contribution in [2.75, 3.05) is 56.9 Å². The van der Waals surface area contributed by atoms with Gasteiger partial charge in [0.2, 0.25) is 17.6 Å². The Balaban J connectivity index is 0.000000140. The Morgan fingerprint density at radius 3 is 0.981 bits per heavy atom. The zero-order valence-corrected chi connectivity index (χ0v) is 59.1. The van der Waals surface area contributed by atoms with Crippen LogP contribution in [-0.4, -0.2) is 168 Å². The first-order valence-electron chi connectivity index (χ1n) is 35.8. The van der Waals surface area contributed by atoms with Gasteiger partial charge in [0.05, 0.1) is 58.7 Å². The number of carbonyl (C=O) groups excluding carboxylic acids is 3. The molecule has 27 nitrogen and oxygen atoms in total. The van der Waals surface area contributed by atoms with Gasteiger partial charge in [-0.15, -0.1) is 0 Å². The number of nitrogens with zero attached hydrogens (tertiary/aromatic N) is 12. The average Bonchev–Trinajstić information content (AvgIpc) is 1.71. The number of aromatic nitrogens is 9. The number of anilines is 3. The third-order valence-electron chi connectivity index (χ3n) is 20.7. The molecule has 0 radical (unpaired) electrons. The molecule has 15 rings (SSSR count). The summed E-state index contributed by atoms with van der Waals surface area (Å²) in [5, 5.41) is 39.2. The number of rotatable bonds is 24. The fourth-order valence-electron chi connectivity index (χ4n) is 15.1. The smallest absolute Gasteiger partial charge is 0.305 e. The topological polar surface area (TPSA) is 329 Å². The van der Waals surface area contributed by atoms with E-state index >= 15 is 0 Å². The Kier molecular flexibility index (Phi) is 22.4. The summed E-state index contributed by atoms with van der Waals surface area (Å²) in [7, 11) is 4.57. The molecule has 0 saturated carbocycles. The number of amides is 3. The van der Waals surface area contributed by atoms with Crippen LogP contribution in [0.1, 0.15) is 157 Å². The van der Waals surface area contributed by atoms with E-state index in [1.807, 2.05) is 68.7 Å². The van der Waals surface area contributed by atoms with Crippen molar-refractivity contribution in [1.29, 1.82) is 0 Å². The lowest BCUT2D eigenvalue weighted by Crippen LogP contribution is -2.43. The Labute approximate surface area is 607 Å². The van der Waals surface area contributed by atoms with Crippen LogP contribution in [0.25, 0.3) is 0 Å². The van der Waals surface area contributed by atoms with Gasteiger partial charge in [-0.2, -0.15) is 0 Å². The number of aliphatic carboxylic acids is 3. The summed E-state index contributed by atoms with van der Waals surface area (Å²) in [6, 6.07) is 27.8. The number of hydrogen-bond acceptors (Lipinski definition) is 18. The Morgan fingerprint density at radius 2 is 0.724 bits per heavy atom. The molecule has 15 heterocycles. The summed E-state index contributed by atoms with van der Waals surface area (Å²) in [5.74, 6) is 0.906. The Hall–Kier alpha value is -11.6. The minimum atomic E-state index is -0.962. The van der Waals surface area contributed by atoms with E-state index in [2.05, 4.69) is 82.6 Å². The summed E-state index contributed by atoms with van der Waals surface area (Å²) in [4.78, 5) is 106. The van der Waals surface area contributed by atoms with Gasteiger partial charge in [0, 0.05) is 131 Å². The normalized spacial score (nSPS) is 17.8. The highest BCUT2D eigenvalue weighted by molar-refractivity contribution is 5.96. The lowest BCUT2D eigenvalue weighted by molar-refractivity contribution is -0.139. The molecule has 6 N–H and O–H groups in total. The summed E-state index contributed by atoms with van der Waals surface area (Å²) in [6.07, 6.45) is 27.5. The number of carboxylic acid groups (broad SMARTS) is 3. The molecule has 6 atom stereocenters. The summed E-state index contributed by atoms with van der Waals surface area (Å²) < 4.78 is 21.3. The highest BCUT2D eigenvalue weighted by Crippen LogP contribution is 2.36. The number of ether oxygens (including phenoxy) is 3. The van der Waals surface area contributed by atoms with Crippen molar-refractivity contribution in [2.45, 2.75) is 152 Å². The number of fused-ring (bicyclic) bond motifs is 6. The molecule has 105 heavy (non-hydrogen) atoms. The molecule has 27 heteroatoms. The van der Waals surface area contributed by atoms with Gasteiger partial charge in [-0.25, -0.2) is 29.9 Å². The molecule has 6 aliphatic heterocycles. The van der Waals surface area contributed by atoms with E-state index in [1.165, 1.54) is 38.0 Å². The third kappa shape index (κ3) is 17.0. The number of carboxylic acids is 3. The maximum Gasteiger partial charge on any atom is 0.305 e. The van der Waals surface area contributed by atoms with E-state index in [0.29, 0.717) is 109 Å². The van der Waals surface area contributed by atoms with Crippen LogP contribution in [0, 0.1) is 0 Å². The van der Waals surface area contributed by atoms with E-state index in [0.717, 1.165) is 111 Å². The number of aryl methyl sites for hydroxylation is 6.